The van der Waals surface area contributed by atoms with Crippen molar-refractivity contribution < 1.29 is 5.11 Å². The number of hydrogen-bond acceptors (Lipinski definition) is 1. The van der Waals surface area contributed by atoms with Crippen molar-refractivity contribution in [2.45, 2.75) is 26.4 Å². The summed E-state index contributed by atoms with van der Waals surface area (Å²) in [6, 6.07) is 9.66. The topological polar surface area (TPSA) is 20.2 Å². The van der Waals surface area contributed by atoms with E-state index in [4.69, 9.17) is 0 Å². The molecule has 1 N–H and O–H groups in total. The van der Waals surface area contributed by atoms with E-state index in [2.05, 4.69) is 13.5 Å². The highest BCUT2D eigenvalue weighted by atomic mass is 16.3. The van der Waals surface area contributed by atoms with Crippen LogP contribution in [0.5, 0.6) is 0 Å². The summed E-state index contributed by atoms with van der Waals surface area (Å²) in [6.07, 6.45) is 2.38. The van der Waals surface area contributed by atoms with E-state index in [-0.39, 0.29) is 0 Å². The normalized spacial score (nSPS) is 13.7. The molecule has 0 aromatic heterocycles. The lowest BCUT2D eigenvalue weighted by Gasteiger charge is -2.15. The predicted molar refractivity (Wildman–Crippen MR) is 64.6 cm³/mol. The standard InChI is InChI=1S/C14H18O/c1-4-8-13(11(2)3)14(15)12-9-6-5-7-10-12/h5-10,14-15H,2,4H2,1,3H3/b13-8+/t14-/m0/s1. The second-order valence-corrected chi connectivity index (χ2v) is 3.66. The fraction of sp³-hybridized carbons (Fsp3) is 0.286. The lowest BCUT2D eigenvalue weighted by molar-refractivity contribution is 0.217. The Hall–Kier alpha value is -1.34. The Balaban J connectivity index is 2.96. The van der Waals surface area contributed by atoms with Crippen molar-refractivity contribution in [3.05, 3.63) is 59.7 Å². The van der Waals surface area contributed by atoms with Crippen molar-refractivity contribution in [1.29, 1.82) is 0 Å². The molecule has 1 aromatic carbocycles. The third-order valence-electron chi connectivity index (χ3n) is 2.33. The Morgan fingerprint density at radius 2 is 2.00 bits per heavy atom. The zero-order valence-electron chi connectivity index (χ0n) is 9.40. The first-order valence-electron chi connectivity index (χ1n) is 5.25. The van der Waals surface area contributed by atoms with Gasteiger partial charge < -0.3 is 5.11 Å². The Kier molecular flexibility index (Phi) is 4.32. The number of benzene rings is 1. The minimum Gasteiger partial charge on any atom is -0.384 e. The van der Waals surface area contributed by atoms with Crippen LogP contribution in [0.1, 0.15) is 31.9 Å². The Labute approximate surface area is 91.8 Å². The summed E-state index contributed by atoms with van der Waals surface area (Å²) in [7, 11) is 0. The SMILES string of the molecule is C=C(C)/C(=C\CC)[C@@H](O)c1ccccc1. The van der Waals surface area contributed by atoms with Gasteiger partial charge in [-0.1, -0.05) is 55.5 Å². The number of aliphatic hydroxyl groups excluding tert-OH is 1. The molecule has 0 bridgehead atoms. The molecule has 0 amide bonds. The van der Waals surface area contributed by atoms with Crippen LogP contribution in [0.3, 0.4) is 0 Å². The fourth-order valence-corrected chi connectivity index (χ4v) is 1.55. The first-order chi connectivity index (χ1) is 7.16. The van der Waals surface area contributed by atoms with Crippen molar-refractivity contribution in [3.8, 4) is 0 Å². The van der Waals surface area contributed by atoms with Gasteiger partial charge in [-0.25, -0.2) is 0 Å². The molecule has 0 unspecified atom stereocenters. The molecule has 1 heteroatoms. The lowest BCUT2D eigenvalue weighted by atomic mass is 9.96. The summed E-state index contributed by atoms with van der Waals surface area (Å²) in [5.74, 6) is 0. The van der Waals surface area contributed by atoms with Gasteiger partial charge in [-0.2, -0.15) is 0 Å². The molecule has 0 aliphatic carbocycles. The van der Waals surface area contributed by atoms with Gasteiger partial charge in [0.2, 0.25) is 0 Å². The first-order valence-corrected chi connectivity index (χ1v) is 5.25. The smallest absolute Gasteiger partial charge is 0.104 e. The van der Waals surface area contributed by atoms with Gasteiger partial charge in [0.25, 0.3) is 0 Å². The molecule has 0 heterocycles. The molecule has 1 rings (SSSR count). The van der Waals surface area contributed by atoms with Gasteiger partial charge in [-0.05, 0) is 24.5 Å². The van der Waals surface area contributed by atoms with Gasteiger partial charge in [0.15, 0.2) is 0 Å². The molecule has 0 radical (unpaired) electrons. The zero-order valence-corrected chi connectivity index (χ0v) is 9.40. The van der Waals surface area contributed by atoms with Gasteiger partial charge >= 0.3 is 0 Å². The zero-order chi connectivity index (χ0) is 11.3. The van der Waals surface area contributed by atoms with Crippen molar-refractivity contribution in [1.82, 2.24) is 0 Å². The fourth-order valence-electron chi connectivity index (χ4n) is 1.55. The molecular formula is C14H18O. The summed E-state index contributed by atoms with van der Waals surface area (Å²) < 4.78 is 0. The van der Waals surface area contributed by atoms with Gasteiger partial charge in [-0.15, -0.1) is 0 Å². The molecule has 1 nitrogen and oxygen atoms in total. The van der Waals surface area contributed by atoms with E-state index in [1.165, 1.54) is 0 Å². The number of rotatable bonds is 4. The third kappa shape index (κ3) is 3.07. The van der Waals surface area contributed by atoms with Crippen molar-refractivity contribution in [2.75, 3.05) is 0 Å². The summed E-state index contributed by atoms with van der Waals surface area (Å²) in [5.41, 5.74) is 2.76. The molecular weight excluding hydrogens is 184 g/mol. The molecule has 0 fully saturated rings. The minimum atomic E-state index is -0.552. The molecule has 0 spiro atoms. The third-order valence-corrected chi connectivity index (χ3v) is 2.33. The van der Waals surface area contributed by atoms with Crippen LogP contribution in [0.4, 0.5) is 0 Å². The quantitative estimate of drug-likeness (QED) is 0.739. The van der Waals surface area contributed by atoms with Gasteiger partial charge in [0.1, 0.15) is 6.10 Å². The maximum absolute atomic E-state index is 10.2. The Bertz CT molecular complexity index is 349. The molecule has 0 aliphatic heterocycles. The summed E-state index contributed by atoms with van der Waals surface area (Å²) in [6.45, 7) is 7.87. The molecule has 1 aromatic rings. The minimum absolute atomic E-state index is 0.552. The molecule has 0 saturated heterocycles. The van der Waals surface area contributed by atoms with Crippen LogP contribution < -0.4 is 0 Å². The second kappa shape index (κ2) is 5.52. The van der Waals surface area contributed by atoms with Gasteiger partial charge in [0.05, 0.1) is 0 Å². The summed E-state index contributed by atoms with van der Waals surface area (Å²) in [4.78, 5) is 0. The molecule has 1 atom stereocenters. The highest BCUT2D eigenvalue weighted by Crippen LogP contribution is 2.26. The summed E-state index contributed by atoms with van der Waals surface area (Å²) >= 11 is 0. The van der Waals surface area contributed by atoms with Crippen molar-refractivity contribution in [2.24, 2.45) is 0 Å². The van der Waals surface area contributed by atoms with Gasteiger partial charge in [0, 0.05) is 0 Å². The number of aliphatic hydroxyl groups is 1. The van der Waals surface area contributed by atoms with Crippen LogP contribution in [0.2, 0.25) is 0 Å². The van der Waals surface area contributed by atoms with Crippen molar-refractivity contribution >= 4 is 0 Å². The first kappa shape index (κ1) is 11.7. The molecule has 80 valence electrons. The van der Waals surface area contributed by atoms with Crippen molar-refractivity contribution in [3.63, 3.8) is 0 Å². The number of allylic oxidation sites excluding steroid dienone is 1. The largest absolute Gasteiger partial charge is 0.384 e. The molecule has 0 aliphatic rings. The maximum Gasteiger partial charge on any atom is 0.104 e. The second-order valence-electron chi connectivity index (χ2n) is 3.66. The van der Waals surface area contributed by atoms with E-state index in [9.17, 15) is 5.11 Å². The average Bonchev–Trinajstić information content (AvgIpc) is 2.26. The number of hydrogen-bond donors (Lipinski definition) is 1. The highest BCUT2D eigenvalue weighted by Gasteiger charge is 2.12. The van der Waals surface area contributed by atoms with E-state index in [0.717, 1.165) is 23.1 Å². The van der Waals surface area contributed by atoms with E-state index in [1.54, 1.807) is 0 Å². The molecule has 15 heavy (non-hydrogen) atoms. The van der Waals surface area contributed by atoms with E-state index >= 15 is 0 Å². The van der Waals surface area contributed by atoms with Crippen LogP contribution in [-0.2, 0) is 0 Å². The van der Waals surface area contributed by atoms with Crippen LogP contribution >= 0.6 is 0 Å². The highest BCUT2D eigenvalue weighted by molar-refractivity contribution is 5.36. The van der Waals surface area contributed by atoms with E-state index < -0.39 is 6.10 Å². The van der Waals surface area contributed by atoms with Gasteiger partial charge in [-0.3, -0.25) is 0 Å². The predicted octanol–water partition coefficient (Wildman–Crippen LogP) is 3.63. The van der Waals surface area contributed by atoms with Crippen LogP contribution in [0.15, 0.2) is 54.1 Å². The lowest BCUT2D eigenvalue weighted by Crippen LogP contribution is -2.02. The van der Waals surface area contributed by atoms with Crippen LogP contribution in [-0.4, -0.2) is 5.11 Å². The van der Waals surface area contributed by atoms with Crippen LogP contribution in [0.25, 0.3) is 0 Å². The maximum atomic E-state index is 10.2. The summed E-state index contributed by atoms with van der Waals surface area (Å²) in [5, 5.41) is 10.2. The van der Waals surface area contributed by atoms with E-state index in [0.29, 0.717) is 0 Å². The van der Waals surface area contributed by atoms with E-state index in [1.807, 2.05) is 43.3 Å². The Morgan fingerprint density at radius 3 is 2.47 bits per heavy atom. The molecule has 0 saturated carbocycles. The monoisotopic (exact) mass is 202 g/mol. The average molecular weight is 202 g/mol. The van der Waals surface area contributed by atoms with Crippen LogP contribution in [0, 0.1) is 0 Å². The Morgan fingerprint density at radius 1 is 1.40 bits per heavy atom.